The SMILES string of the molecule is COCCOc1ccc(Nc2nc(N)nc(-c3cccc(N4CCc5cc(C6CC6)cc(F)c5C4=O)c3CO)n2)cc1OCCOC. The highest BCUT2D eigenvalue weighted by molar-refractivity contribution is 6.09. The molecule has 0 bridgehead atoms. The normalized spacial score (nSPS) is 14.2. The van der Waals surface area contributed by atoms with Crippen LogP contribution in [0.1, 0.15) is 45.8 Å². The first kappa shape index (κ1) is 32.1. The Morgan fingerprint density at radius 1 is 0.979 bits per heavy atom. The number of methoxy groups -OCH3 is 2. The van der Waals surface area contributed by atoms with Crippen molar-refractivity contribution in [3.05, 3.63) is 76.6 Å². The summed E-state index contributed by atoms with van der Waals surface area (Å²) < 4.78 is 37.1. The molecule has 1 aromatic heterocycles. The van der Waals surface area contributed by atoms with Gasteiger partial charge in [0.05, 0.1) is 31.1 Å². The second-order valence-electron chi connectivity index (χ2n) is 11.3. The number of rotatable bonds is 14. The lowest BCUT2D eigenvalue weighted by molar-refractivity contribution is 0.0976. The van der Waals surface area contributed by atoms with Crippen molar-refractivity contribution in [1.82, 2.24) is 15.0 Å². The highest BCUT2D eigenvalue weighted by Crippen LogP contribution is 2.42. The predicted octanol–water partition coefficient (Wildman–Crippen LogP) is 4.63. The number of aliphatic hydroxyl groups is 1. The van der Waals surface area contributed by atoms with Gasteiger partial charge in [-0.15, -0.1) is 0 Å². The summed E-state index contributed by atoms with van der Waals surface area (Å²) in [6.45, 7) is 1.37. The van der Waals surface area contributed by atoms with Gasteiger partial charge in [-0.3, -0.25) is 4.79 Å². The molecule has 1 amide bonds. The number of nitrogen functional groups attached to an aromatic ring is 1. The lowest BCUT2D eigenvalue weighted by Gasteiger charge is -2.31. The first-order valence-corrected chi connectivity index (χ1v) is 15.4. The van der Waals surface area contributed by atoms with Crippen LogP contribution in [0, 0.1) is 5.82 Å². The van der Waals surface area contributed by atoms with Crippen molar-refractivity contribution in [3.8, 4) is 22.9 Å². The number of anilines is 4. The number of halogens is 1. The standard InChI is InChI=1S/C34H37FN6O6/c1-44-12-14-46-28-9-8-23(18-29(28)47-15-13-45-2)37-34-39-31(38-33(36)40-34)24-4-3-5-27(25(24)19-42)41-11-10-21-16-22(20-6-7-20)17-26(35)30(21)32(41)43/h3-5,8-9,16-18,20,42H,6-7,10-15,19H2,1-2H3,(H3,36,37,38,39,40). The zero-order chi connectivity index (χ0) is 32.9. The van der Waals surface area contributed by atoms with E-state index in [-0.39, 0.29) is 23.3 Å². The van der Waals surface area contributed by atoms with Crippen molar-refractivity contribution in [3.63, 3.8) is 0 Å². The molecule has 0 saturated heterocycles. The maximum atomic E-state index is 15.3. The first-order valence-electron chi connectivity index (χ1n) is 15.4. The molecule has 1 aliphatic heterocycles. The summed E-state index contributed by atoms with van der Waals surface area (Å²) >= 11 is 0. The summed E-state index contributed by atoms with van der Waals surface area (Å²) in [4.78, 5) is 28.3. The predicted molar refractivity (Wildman–Crippen MR) is 174 cm³/mol. The average molecular weight is 645 g/mol. The number of benzene rings is 3. The smallest absolute Gasteiger partial charge is 0.261 e. The van der Waals surface area contributed by atoms with Crippen molar-refractivity contribution < 1.29 is 33.2 Å². The summed E-state index contributed by atoms with van der Waals surface area (Å²) in [7, 11) is 3.18. The van der Waals surface area contributed by atoms with Crippen molar-refractivity contribution in [2.24, 2.45) is 0 Å². The Bertz CT molecular complexity index is 1770. The van der Waals surface area contributed by atoms with Crippen LogP contribution in [0.2, 0.25) is 0 Å². The number of nitrogens with two attached hydrogens (primary N) is 1. The van der Waals surface area contributed by atoms with E-state index in [4.69, 9.17) is 24.7 Å². The summed E-state index contributed by atoms with van der Waals surface area (Å²) in [5.74, 6) is 0.706. The Morgan fingerprint density at radius 2 is 1.74 bits per heavy atom. The number of nitrogens with zero attached hydrogens (tertiary/aromatic N) is 4. The third-order valence-electron chi connectivity index (χ3n) is 8.09. The van der Waals surface area contributed by atoms with E-state index in [9.17, 15) is 9.90 Å². The van der Waals surface area contributed by atoms with Crippen LogP contribution in [-0.4, -0.2) is 73.2 Å². The molecule has 0 unspecified atom stereocenters. The Balaban J connectivity index is 1.28. The van der Waals surface area contributed by atoms with Gasteiger partial charge in [0.15, 0.2) is 17.3 Å². The molecule has 0 spiro atoms. The third kappa shape index (κ3) is 7.12. The fraction of sp³-hybridized carbons (Fsp3) is 0.353. The molecule has 2 aliphatic rings. The lowest BCUT2D eigenvalue weighted by atomic mass is 9.93. The number of ether oxygens (including phenoxy) is 4. The molecule has 0 radical (unpaired) electrons. The highest BCUT2D eigenvalue weighted by Gasteiger charge is 2.33. The number of hydrogen-bond acceptors (Lipinski definition) is 11. The van der Waals surface area contributed by atoms with Crippen LogP contribution in [0.15, 0.2) is 48.5 Å². The van der Waals surface area contributed by atoms with Crippen LogP contribution in [0.25, 0.3) is 11.4 Å². The first-order chi connectivity index (χ1) is 22.9. The van der Waals surface area contributed by atoms with E-state index in [1.54, 1.807) is 50.6 Å². The Kier molecular flexibility index (Phi) is 9.76. The summed E-state index contributed by atoms with van der Waals surface area (Å²) in [6, 6.07) is 13.9. The van der Waals surface area contributed by atoms with Crippen LogP contribution < -0.4 is 25.4 Å². The maximum Gasteiger partial charge on any atom is 0.261 e. The number of aromatic nitrogens is 3. The molecular formula is C34H37FN6O6. The number of carbonyl (C=O) groups is 1. The average Bonchev–Trinajstić information content (AvgIpc) is 3.91. The molecule has 12 nitrogen and oxygen atoms in total. The topological polar surface area (TPSA) is 154 Å². The third-order valence-corrected chi connectivity index (χ3v) is 8.09. The van der Waals surface area contributed by atoms with Gasteiger partial charge in [0.1, 0.15) is 19.0 Å². The van der Waals surface area contributed by atoms with Crippen LogP contribution in [0.4, 0.5) is 27.7 Å². The molecule has 1 fully saturated rings. The molecule has 4 aromatic rings. The van der Waals surface area contributed by atoms with Gasteiger partial charge in [-0.2, -0.15) is 15.0 Å². The highest BCUT2D eigenvalue weighted by atomic mass is 19.1. The van der Waals surface area contributed by atoms with Crippen LogP contribution in [-0.2, 0) is 22.5 Å². The molecule has 1 aliphatic carbocycles. The number of carbonyl (C=O) groups excluding carboxylic acids is 1. The van der Waals surface area contributed by atoms with E-state index >= 15 is 4.39 Å². The zero-order valence-electron chi connectivity index (χ0n) is 26.3. The number of aliphatic hydroxyl groups excluding tert-OH is 1. The van der Waals surface area contributed by atoms with Crippen LogP contribution >= 0.6 is 0 Å². The Labute approximate surface area is 271 Å². The lowest BCUT2D eigenvalue weighted by Crippen LogP contribution is -2.39. The molecule has 4 N–H and O–H groups in total. The molecule has 1 saturated carbocycles. The minimum absolute atomic E-state index is 0.0561. The summed E-state index contributed by atoms with van der Waals surface area (Å²) in [5, 5.41) is 13.7. The van der Waals surface area contributed by atoms with Gasteiger partial charge in [0, 0.05) is 43.6 Å². The van der Waals surface area contributed by atoms with E-state index in [1.165, 1.54) is 11.0 Å². The fourth-order valence-corrected chi connectivity index (χ4v) is 5.66. The Morgan fingerprint density at radius 3 is 2.47 bits per heavy atom. The minimum Gasteiger partial charge on any atom is -0.487 e. The van der Waals surface area contributed by atoms with Gasteiger partial charge < -0.3 is 40.0 Å². The molecule has 47 heavy (non-hydrogen) atoms. The molecule has 246 valence electrons. The van der Waals surface area contributed by atoms with Gasteiger partial charge in [-0.25, -0.2) is 4.39 Å². The van der Waals surface area contributed by atoms with Crippen LogP contribution in [0.5, 0.6) is 11.5 Å². The minimum atomic E-state index is -0.511. The Hall–Kier alpha value is -4.85. The van der Waals surface area contributed by atoms with Gasteiger partial charge >= 0.3 is 0 Å². The molecule has 6 rings (SSSR count). The largest absolute Gasteiger partial charge is 0.487 e. The van der Waals surface area contributed by atoms with Crippen LogP contribution in [0.3, 0.4) is 0 Å². The summed E-state index contributed by atoms with van der Waals surface area (Å²) in [5.41, 5.74) is 9.76. The zero-order valence-corrected chi connectivity index (χ0v) is 26.3. The number of fused-ring (bicyclic) bond motifs is 1. The van der Waals surface area contributed by atoms with E-state index in [2.05, 4.69) is 20.3 Å². The van der Waals surface area contributed by atoms with Gasteiger partial charge in [0.25, 0.3) is 5.91 Å². The van der Waals surface area contributed by atoms with Crippen molar-refractivity contribution in [2.45, 2.75) is 31.8 Å². The van der Waals surface area contributed by atoms with E-state index in [0.717, 1.165) is 24.0 Å². The van der Waals surface area contributed by atoms with Gasteiger partial charge in [-0.1, -0.05) is 18.2 Å². The number of amides is 1. The van der Waals surface area contributed by atoms with Crippen molar-refractivity contribution in [1.29, 1.82) is 0 Å². The van der Waals surface area contributed by atoms with Crippen molar-refractivity contribution in [2.75, 3.05) is 63.1 Å². The quantitative estimate of drug-likeness (QED) is 0.165. The summed E-state index contributed by atoms with van der Waals surface area (Å²) in [6.07, 6.45) is 2.59. The van der Waals surface area contributed by atoms with Gasteiger partial charge in [-0.05, 0) is 60.6 Å². The molecular weight excluding hydrogens is 607 g/mol. The second-order valence-corrected chi connectivity index (χ2v) is 11.3. The molecule has 2 heterocycles. The molecule has 0 atom stereocenters. The van der Waals surface area contributed by atoms with Gasteiger partial charge in [0.2, 0.25) is 11.9 Å². The van der Waals surface area contributed by atoms with E-state index < -0.39 is 18.3 Å². The van der Waals surface area contributed by atoms with E-state index in [0.29, 0.717) is 79.3 Å². The molecule has 13 heteroatoms. The fourth-order valence-electron chi connectivity index (χ4n) is 5.66. The number of nitrogens with one attached hydrogen (secondary N) is 1. The number of hydrogen-bond donors (Lipinski definition) is 3. The molecule has 3 aromatic carbocycles. The monoisotopic (exact) mass is 644 g/mol. The van der Waals surface area contributed by atoms with Crippen molar-refractivity contribution >= 4 is 29.2 Å². The van der Waals surface area contributed by atoms with E-state index in [1.807, 2.05) is 6.07 Å². The second kappa shape index (κ2) is 14.3. The maximum absolute atomic E-state index is 15.3.